The molecule has 0 aliphatic carbocycles. The molecule has 0 saturated carbocycles. The molecule has 1 amide bonds. The van der Waals surface area contributed by atoms with Crippen LogP contribution in [-0.2, 0) is 37.8 Å². The van der Waals surface area contributed by atoms with Gasteiger partial charge < -0.3 is 5.32 Å². The Labute approximate surface area is 328 Å². The Hall–Kier alpha value is -6.12. The van der Waals surface area contributed by atoms with Gasteiger partial charge in [-0.25, -0.2) is 0 Å². The van der Waals surface area contributed by atoms with Gasteiger partial charge in [-0.3, -0.25) is 23.9 Å². The van der Waals surface area contributed by atoms with Crippen molar-refractivity contribution in [2.24, 2.45) is 4.99 Å². The van der Waals surface area contributed by atoms with Gasteiger partial charge in [0.2, 0.25) is 0 Å². The average Bonchev–Trinajstić information content (AvgIpc) is 3.84. The second kappa shape index (κ2) is 15.9. The number of fused-ring (bicyclic) bond motifs is 2. The standard InChI is InChI=1S/C21H14F6N4OS.C17H10F6N2O/c1-28-18-17(33-19(32)29-18)7-11-2-5-16-13(6-11)10-31(30-16)9-12-3-4-14(20(22,23)24)8-15(12)21(25,26)27;18-16(19,20)13-3-2-11(14(6-13)17(21,22)23)7-25-8-12-5-10(9-26)1-4-15(12)24-25/h2-8,10H,9H2,1H3,(H,28,29,32);1-6,8-9H,7H2/b17-7-;. The number of alkyl halides is 12. The molecule has 0 unspecified atom stereocenters. The van der Waals surface area contributed by atoms with Crippen molar-refractivity contribution in [3.8, 4) is 0 Å². The maximum absolute atomic E-state index is 13.4. The lowest BCUT2D eigenvalue weighted by atomic mass is 10.0. The summed E-state index contributed by atoms with van der Waals surface area (Å²) < 4.78 is 159. The van der Waals surface area contributed by atoms with E-state index < -0.39 is 47.0 Å². The summed E-state index contributed by atoms with van der Waals surface area (Å²) >= 11 is 0.985. The van der Waals surface area contributed by atoms with E-state index in [1.807, 2.05) is 0 Å². The van der Waals surface area contributed by atoms with E-state index in [-0.39, 0.29) is 41.6 Å². The predicted molar refractivity (Wildman–Crippen MR) is 193 cm³/mol. The smallest absolute Gasteiger partial charge is 0.300 e. The Morgan fingerprint density at radius 1 is 0.644 bits per heavy atom. The number of hydrogen-bond donors (Lipinski definition) is 1. The Balaban J connectivity index is 0.000000204. The zero-order valence-corrected chi connectivity index (χ0v) is 30.5. The third kappa shape index (κ3) is 9.95. The molecule has 1 saturated heterocycles. The molecular formula is C38H24F12N6O2S. The van der Waals surface area contributed by atoms with E-state index >= 15 is 0 Å². The van der Waals surface area contributed by atoms with Crippen molar-refractivity contribution in [3.05, 3.63) is 135 Å². The van der Waals surface area contributed by atoms with Crippen LogP contribution >= 0.6 is 11.8 Å². The fourth-order valence-electron chi connectivity index (χ4n) is 5.92. The molecule has 7 rings (SSSR count). The van der Waals surface area contributed by atoms with Gasteiger partial charge in [-0.15, -0.1) is 0 Å². The quantitative estimate of drug-likeness (QED) is 0.133. The highest BCUT2D eigenvalue weighted by molar-refractivity contribution is 8.18. The third-order valence-corrected chi connectivity index (χ3v) is 9.43. The second-order valence-electron chi connectivity index (χ2n) is 12.7. The molecule has 4 aromatic carbocycles. The molecule has 8 nitrogen and oxygen atoms in total. The number of aromatic nitrogens is 4. The lowest BCUT2D eigenvalue weighted by Gasteiger charge is -2.16. The van der Waals surface area contributed by atoms with E-state index in [2.05, 4.69) is 20.5 Å². The maximum atomic E-state index is 13.4. The van der Waals surface area contributed by atoms with Gasteiger partial charge >= 0.3 is 24.7 Å². The highest BCUT2D eigenvalue weighted by atomic mass is 32.2. The monoisotopic (exact) mass is 856 g/mol. The largest absolute Gasteiger partial charge is 0.416 e. The first-order valence-electron chi connectivity index (χ1n) is 16.6. The number of amidine groups is 1. The van der Waals surface area contributed by atoms with Crippen molar-refractivity contribution in [1.82, 2.24) is 24.9 Å². The highest BCUT2D eigenvalue weighted by Crippen LogP contribution is 2.39. The molecule has 0 bridgehead atoms. The number of thioether (sulfide) groups is 1. The third-order valence-electron chi connectivity index (χ3n) is 8.62. The molecule has 1 aliphatic heterocycles. The van der Waals surface area contributed by atoms with E-state index in [0.717, 1.165) is 23.9 Å². The van der Waals surface area contributed by atoms with Crippen LogP contribution in [0.2, 0.25) is 0 Å². The minimum absolute atomic E-state index is 0.100. The molecule has 1 fully saturated rings. The zero-order valence-electron chi connectivity index (χ0n) is 29.6. The molecule has 0 radical (unpaired) electrons. The number of carbonyl (C=O) groups excluding carboxylic acids is 2. The minimum Gasteiger partial charge on any atom is -0.300 e. The minimum atomic E-state index is -4.95. The predicted octanol–water partition coefficient (Wildman–Crippen LogP) is 10.9. The first-order chi connectivity index (χ1) is 27.5. The first-order valence-corrected chi connectivity index (χ1v) is 17.5. The Morgan fingerprint density at radius 3 is 1.53 bits per heavy atom. The van der Waals surface area contributed by atoms with Crippen LogP contribution in [0.4, 0.5) is 57.5 Å². The SMILES string of the molecule is CN=C1NC(=O)S/C1=C\c1ccc2nn(Cc3ccc(C(F)(F)F)cc3C(F)(F)F)cc2c1.O=Cc1ccc2nn(Cc3ccc(C(F)(F)F)cc3C(F)(F)F)cc2c1. The Morgan fingerprint density at radius 2 is 1.10 bits per heavy atom. The van der Waals surface area contributed by atoms with E-state index in [4.69, 9.17) is 0 Å². The fraction of sp³-hybridized carbons (Fsp3) is 0.184. The topological polar surface area (TPSA) is 94.2 Å². The van der Waals surface area contributed by atoms with Gasteiger partial charge in [0.05, 0.1) is 51.3 Å². The number of carbonyl (C=O) groups is 2. The first kappa shape index (κ1) is 42.5. The second-order valence-corrected chi connectivity index (χ2v) is 13.8. The molecule has 21 heteroatoms. The number of aliphatic imine (C=N–C) groups is 1. The normalized spacial score (nSPS) is 15.2. The van der Waals surface area contributed by atoms with Crippen LogP contribution in [0.25, 0.3) is 27.9 Å². The van der Waals surface area contributed by atoms with Crippen molar-refractivity contribution >= 4 is 57.0 Å². The van der Waals surface area contributed by atoms with Gasteiger partial charge in [-0.2, -0.15) is 62.9 Å². The van der Waals surface area contributed by atoms with Crippen LogP contribution in [0.15, 0.2) is 95.1 Å². The van der Waals surface area contributed by atoms with E-state index in [9.17, 15) is 62.3 Å². The summed E-state index contributed by atoms with van der Waals surface area (Å²) in [6.07, 6.45) is -14.4. The van der Waals surface area contributed by atoms with Gasteiger partial charge in [0.25, 0.3) is 5.24 Å². The van der Waals surface area contributed by atoms with Crippen molar-refractivity contribution in [2.45, 2.75) is 37.8 Å². The summed E-state index contributed by atoms with van der Waals surface area (Å²) in [7, 11) is 1.54. The molecule has 2 aromatic heterocycles. The lowest BCUT2D eigenvalue weighted by molar-refractivity contribution is -0.145. The van der Waals surface area contributed by atoms with Crippen LogP contribution in [0.3, 0.4) is 0 Å². The molecule has 1 aliphatic rings. The summed E-state index contributed by atoms with van der Waals surface area (Å²) in [6.45, 7) is -0.725. The van der Waals surface area contributed by atoms with Crippen molar-refractivity contribution in [1.29, 1.82) is 0 Å². The summed E-state index contributed by atoms with van der Waals surface area (Å²) in [4.78, 5) is 26.9. The Kier molecular flexibility index (Phi) is 11.5. The fourth-order valence-corrected chi connectivity index (χ4v) is 6.70. The van der Waals surface area contributed by atoms with Crippen LogP contribution in [-0.4, -0.2) is 44.0 Å². The van der Waals surface area contributed by atoms with Crippen molar-refractivity contribution in [3.63, 3.8) is 0 Å². The number of hydrogen-bond acceptors (Lipinski definition) is 6. The zero-order chi connectivity index (χ0) is 43.1. The van der Waals surface area contributed by atoms with E-state index in [1.54, 1.807) is 31.3 Å². The van der Waals surface area contributed by atoms with Crippen LogP contribution < -0.4 is 5.32 Å². The highest BCUT2D eigenvalue weighted by Gasteiger charge is 2.39. The number of nitrogens with zero attached hydrogens (tertiary/aromatic N) is 5. The number of halogens is 12. The molecule has 1 N–H and O–H groups in total. The molecule has 6 aromatic rings. The van der Waals surface area contributed by atoms with Crippen molar-refractivity contribution < 1.29 is 62.3 Å². The molecule has 59 heavy (non-hydrogen) atoms. The summed E-state index contributed by atoms with van der Waals surface area (Å²) in [5.41, 5.74) is -4.08. The van der Waals surface area contributed by atoms with Crippen molar-refractivity contribution in [2.75, 3.05) is 7.05 Å². The van der Waals surface area contributed by atoms with Gasteiger partial charge in [0.1, 0.15) is 12.1 Å². The molecule has 0 atom stereocenters. The maximum Gasteiger partial charge on any atom is 0.416 e. The summed E-state index contributed by atoms with van der Waals surface area (Å²) in [5.74, 6) is 0.433. The number of amides is 1. The molecule has 3 heterocycles. The van der Waals surface area contributed by atoms with Gasteiger partial charge in [-0.1, -0.05) is 18.2 Å². The van der Waals surface area contributed by atoms with Gasteiger partial charge in [0, 0.05) is 35.8 Å². The molecular weight excluding hydrogens is 833 g/mol. The van der Waals surface area contributed by atoms with E-state index in [1.165, 1.54) is 40.0 Å². The summed E-state index contributed by atoms with van der Waals surface area (Å²) in [6, 6.07) is 12.7. The van der Waals surface area contributed by atoms with Crippen LogP contribution in [0.5, 0.6) is 0 Å². The molecule has 308 valence electrons. The number of benzene rings is 4. The van der Waals surface area contributed by atoms with Gasteiger partial charge in [-0.05, 0) is 89.1 Å². The average molecular weight is 857 g/mol. The summed E-state index contributed by atoms with van der Waals surface area (Å²) in [5, 5.41) is 11.8. The lowest BCUT2D eigenvalue weighted by Crippen LogP contribution is -2.18. The number of rotatable bonds is 6. The number of nitrogens with one attached hydrogen (secondary N) is 1. The Bertz CT molecular complexity index is 2640. The van der Waals surface area contributed by atoms with Gasteiger partial charge in [0.15, 0.2) is 0 Å². The van der Waals surface area contributed by atoms with E-state index in [0.29, 0.717) is 62.1 Å². The van der Waals surface area contributed by atoms with Crippen LogP contribution in [0, 0.1) is 0 Å². The molecule has 0 spiro atoms. The number of aldehydes is 1. The van der Waals surface area contributed by atoms with Crippen LogP contribution in [0.1, 0.15) is 49.3 Å².